The van der Waals surface area contributed by atoms with Crippen molar-refractivity contribution in [2.75, 3.05) is 19.6 Å². The lowest BCUT2D eigenvalue weighted by molar-refractivity contribution is 0.0151. The molecular weight excluding hydrogens is 244 g/mol. The summed E-state index contributed by atoms with van der Waals surface area (Å²) in [6.45, 7) is 10.6. The Morgan fingerprint density at radius 2 is 1.75 bits per heavy atom. The Kier molecular flexibility index (Phi) is 5.53. The van der Waals surface area contributed by atoms with Crippen molar-refractivity contribution in [3.8, 4) is 0 Å². The summed E-state index contributed by atoms with van der Waals surface area (Å²) in [5.74, 6) is 0.953. The zero-order chi connectivity index (χ0) is 14.6. The van der Waals surface area contributed by atoms with Gasteiger partial charge in [0.1, 0.15) is 0 Å². The molecule has 118 valence electrons. The van der Waals surface area contributed by atoms with Gasteiger partial charge in [-0.25, -0.2) is 0 Å². The molecule has 2 heteroatoms. The second kappa shape index (κ2) is 6.79. The number of hydrogen-bond donors (Lipinski definition) is 1. The summed E-state index contributed by atoms with van der Waals surface area (Å²) in [4.78, 5) is 2.78. The Morgan fingerprint density at radius 1 is 1.05 bits per heavy atom. The van der Waals surface area contributed by atoms with Gasteiger partial charge in [-0.3, -0.25) is 4.90 Å². The van der Waals surface area contributed by atoms with Crippen LogP contribution in [-0.4, -0.2) is 30.1 Å². The molecule has 0 amide bonds. The van der Waals surface area contributed by atoms with Crippen LogP contribution in [-0.2, 0) is 0 Å². The molecule has 20 heavy (non-hydrogen) atoms. The van der Waals surface area contributed by atoms with Gasteiger partial charge in [0.05, 0.1) is 0 Å². The maximum atomic E-state index is 6.28. The van der Waals surface area contributed by atoms with Crippen molar-refractivity contribution in [1.82, 2.24) is 4.90 Å². The van der Waals surface area contributed by atoms with Gasteiger partial charge < -0.3 is 5.73 Å². The first-order chi connectivity index (χ1) is 9.57. The van der Waals surface area contributed by atoms with Crippen LogP contribution in [0.4, 0.5) is 0 Å². The Hall–Kier alpha value is -0.0800. The molecule has 2 N–H and O–H groups in total. The smallest absolute Gasteiger partial charge is 0.0331 e. The van der Waals surface area contributed by atoms with Crippen molar-refractivity contribution in [2.24, 2.45) is 17.1 Å². The van der Waals surface area contributed by atoms with Gasteiger partial charge >= 0.3 is 0 Å². The molecule has 2 rings (SSSR count). The summed E-state index contributed by atoms with van der Waals surface area (Å²) >= 11 is 0. The van der Waals surface area contributed by atoms with Crippen LogP contribution < -0.4 is 5.73 Å². The molecule has 1 aliphatic heterocycles. The van der Waals surface area contributed by atoms with Gasteiger partial charge in [0.2, 0.25) is 0 Å². The first kappa shape index (κ1) is 16.3. The first-order valence-corrected chi connectivity index (χ1v) is 9.02. The average Bonchev–Trinajstić information content (AvgIpc) is 2.71. The van der Waals surface area contributed by atoms with Gasteiger partial charge in [0, 0.05) is 12.1 Å². The number of nitrogens with two attached hydrogens (primary N) is 1. The lowest BCUT2D eigenvalue weighted by atomic mass is 9.76. The van der Waals surface area contributed by atoms with E-state index in [2.05, 4.69) is 25.7 Å². The Bertz CT molecular complexity index is 294. The van der Waals surface area contributed by atoms with E-state index in [-0.39, 0.29) is 0 Å². The van der Waals surface area contributed by atoms with E-state index in [0.717, 1.165) is 12.5 Å². The predicted octanol–water partition coefficient (Wildman–Crippen LogP) is 4.19. The molecule has 2 atom stereocenters. The molecule has 2 nitrogen and oxygen atoms in total. The Balaban J connectivity index is 2.01. The van der Waals surface area contributed by atoms with E-state index in [0.29, 0.717) is 11.0 Å². The summed E-state index contributed by atoms with van der Waals surface area (Å²) in [5, 5.41) is 0. The van der Waals surface area contributed by atoms with Crippen LogP contribution in [0.3, 0.4) is 0 Å². The van der Waals surface area contributed by atoms with Crippen LogP contribution in [0.1, 0.15) is 78.6 Å². The van der Waals surface area contributed by atoms with E-state index in [4.69, 9.17) is 5.73 Å². The lowest BCUT2D eigenvalue weighted by Crippen LogP contribution is -2.57. The minimum Gasteiger partial charge on any atom is -0.329 e. The van der Waals surface area contributed by atoms with Gasteiger partial charge in [0.15, 0.2) is 0 Å². The Labute approximate surface area is 126 Å². The van der Waals surface area contributed by atoms with Gasteiger partial charge in [-0.05, 0) is 56.5 Å². The summed E-state index contributed by atoms with van der Waals surface area (Å²) in [7, 11) is 0. The van der Waals surface area contributed by atoms with Crippen LogP contribution in [0.5, 0.6) is 0 Å². The Morgan fingerprint density at radius 3 is 2.30 bits per heavy atom. The SMILES string of the molecule is CCC1CCCC(CN)(N2CCC(C)(CC)CC2)CC1. The molecule has 0 spiro atoms. The van der Waals surface area contributed by atoms with Crippen molar-refractivity contribution in [3.05, 3.63) is 0 Å². The average molecular weight is 280 g/mol. The normalized spacial score (nSPS) is 35.7. The molecule has 2 fully saturated rings. The highest BCUT2D eigenvalue weighted by Gasteiger charge is 2.40. The first-order valence-electron chi connectivity index (χ1n) is 9.02. The largest absolute Gasteiger partial charge is 0.329 e. The third-order valence-electron chi connectivity index (χ3n) is 6.72. The molecule has 0 bridgehead atoms. The molecule has 1 heterocycles. The monoisotopic (exact) mass is 280 g/mol. The maximum Gasteiger partial charge on any atom is 0.0331 e. The zero-order valence-electron chi connectivity index (χ0n) is 14.1. The number of piperidine rings is 1. The third-order valence-corrected chi connectivity index (χ3v) is 6.72. The predicted molar refractivity (Wildman–Crippen MR) is 87.9 cm³/mol. The molecule has 1 saturated heterocycles. The van der Waals surface area contributed by atoms with Crippen LogP contribution in [0.15, 0.2) is 0 Å². The fourth-order valence-electron chi connectivity index (χ4n) is 4.39. The minimum absolute atomic E-state index is 0.332. The van der Waals surface area contributed by atoms with Crippen molar-refractivity contribution in [2.45, 2.75) is 84.1 Å². The van der Waals surface area contributed by atoms with Crippen LogP contribution in [0.2, 0.25) is 0 Å². The molecule has 0 aromatic carbocycles. The fraction of sp³-hybridized carbons (Fsp3) is 1.00. The highest BCUT2D eigenvalue weighted by Crippen LogP contribution is 2.41. The van der Waals surface area contributed by atoms with Gasteiger partial charge in [-0.15, -0.1) is 0 Å². The summed E-state index contributed by atoms with van der Waals surface area (Å²) in [5.41, 5.74) is 7.20. The summed E-state index contributed by atoms with van der Waals surface area (Å²) in [6, 6.07) is 0. The maximum absolute atomic E-state index is 6.28. The highest BCUT2D eigenvalue weighted by molar-refractivity contribution is 4.97. The van der Waals surface area contributed by atoms with Gasteiger partial charge in [-0.1, -0.05) is 46.5 Å². The van der Waals surface area contributed by atoms with Crippen molar-refractivity contribution in [3.63, 3.8) is 0 Å². The quantitative estimate of drug-likeness (QED) is 0.783. The second-order valence-electron chi connectivity index (χ2n) is 7.78. The van der Waals surface area contributed by atoms with Gasteiger partial charge in [0.25, 0.3) is 0 Å². The number of likely N-dealkylation sites (tertiary alicyclic amines) is 1. The molecular formula is C18H36N2. The van der Waals surface area contributed by atoms with E-state index in [1.165, 1.54) is 70.9 Å². The van der Waals surface area contributed by atoms with Crippen LogP contribution >= 0.6 is 0 Å². The second-order valence-corrected chi connectivity index (χ2v) is 7.78. The van der Waals surface area contributed by atoms with Crippen LogP contribution in [0, 0.1) is 11.3 Å². The van der Waals surface area contributed by atoms with E-state index >= 15 is 0 Å². The standard InChI is InChI=1S/C18H36N2/c1-4-16-7-6-9-18(15-19,10-8-16)20-13-11-17(3,5-2)12-14-20/h16H,4-15,19H2,1-3H3. The topological polar surface area (TPSA) is 29.3 Å². The van der Waals surface area contributed by atoms with Gasteiger partial charge in [-0.2, -0.15) is 0 Å². The van der Waals surface area contributed by atoms with Crippen molar-refractivity contribution >= 4 is 0 Å². The summed E-state index contributed by atoms with van der Waals surface area (Å²) < 4.78 is 0. The van der Waals surface area contributed by atoms with E-state index in [1.54, 1.807) is 0 Å². The van der Waals surface area contributed by atoms with E-state index in [1.807, 2.05) is 0 Å². The number of hydrogen-bond acceptors (Lipinski definition) is 2. The van der Waals surface area contributed by atoms with Crippen LogP contribution in [0.25, 0.3) is 0 Å². The molecule has 1 saturated carbocycles. The fourth-order valence-corrected chi connectivity index (χ4v) is 4.39. The minimum atomic E-state index is 0.332. The highest BCUT2D eigenvalue weighted by atomic mass is 15.2. The molecule has 0 radical (unpaired) electrons. The number of rotatable bonds is 4. The molecule has 1 aliphatic carbocycles. The molecule has 0 aromatic heterocycles. The van der Waals surface area contributed by atoms with Crippen molar-refractivity contribution < 1.29 is 0 Å². The zero-order valence-corrected chi connectivity index (χ0v) is 14.1. The molecule has 0 aromatic rings. The summed E-state index contributed by atoms with van der Waals surface area (Å²) in [6.07, 6.45) is 12.3. The van der Waals surface area contributed by atoms with E-state index < -0.39 is 0 Å². The third kappa shape index (κ3) is 3.39. The molecule has 2 unspecified atom stereocenters. The lowest BCUT2D eigenvalue weighted by Gasteiger charge is -2.49. The molecule has 2 aliphatic rings. The number of nitrogens with zero attached hydrogens (tertiary/aromatic N) is 1. The van der Waals surface area contributed by atoms with Crippen molar-refractivity contribution in [1.29, 1.82) is 0 Å². The van der Waals surface area contributed by atoms with E-state index in [9.17, 15) is 0 Å².